The summed E-state index contributed by atoms with van der Waals surface area (Å²) in [5.41, 5.74) is 3.12. The van der Waals surface area contributed by atoms with Gasteiger partial charge < -0.3 is 0 Å². The van der Waals surface area contributed by atoms with Crippen molar-refractivity contribution < 1.29 is 0 Å². The van der Waals surface area contributed by atoms with E-state index in [1.54, 1.807) is 4.68 Å². The zero-order valence-corrected chi connectivity index (χ0v) is 9.70. The number of aryl methyl sites for hydroxylation is 1. The topological polar surface area (TPSA) is 17.8 Å². The monoisotopic (exact) mass is 202 g/mol. The van der Waals surface area contributed by atoms with E-state index >= 15 is 0 Å². The molecule has 1 aromatic heterocycles. The normalized spacial score (nSPS) is 11.2. The molecule has 0 saturated carbocycles. The van der Waals surface area contributed by atoms with Crippen LogP contribution in [0.4, 0.5) is 0 Å². The van der Waals surface area contributed by atoms with Crippen LogP contribution >= 0.6 is 0 Å². The van der Waals surface area contributed by atoms with E-state index in [2.05, 4.69) is 32.1 Å². The van der Waals surface area contributed by atoms with Gasteiger partial charge in [0, 0.05) is 18.8 Å². The summed E-state index contributed by atoms with van der Waals surface area (Å²) in [5, 5.41) is 4.10. The van der Waals surface area contributed by atoms with Crippen LogP contribution < -0.4 is 0 Å². The highest BCUT2D eigenvalue weighted by Gasteiger charge is 1.99. The highest BCUT2D eigenvalue weighted by Crippen LogP contribution is 2.15. The molecule has 2 nitrogen and oxygen atoms in total. The summed E-state index contributed by atoms with van der Waals surface area (Å²) in [6.45, 7) is 12.2. The van der Waals surface area contributed by atoms with Crippen molar-refractivity contribution in [3.63, 3.8) is 0 Å². The molecule has 0 unspecified atom stereocenters. The summed E-state index contributed by atoms with van der Waals surface area (Å²) < 4.78 is 1.77. The molecule has 0 bridgehead atoms. The van der Waals surface area contributed by atoms with Crippen LogP contribution in [0.15, 0.2) is 43.3 Å². The van der Waals surface area contributed by atoms with Crippen molar-refractivity contribution in [1.82, 2.24) is 9.78 Å². The van der Waals surface area contributed by atoms with Gasteiger partial charge in [0.1, 0.15) is 0 Å². The van der Waals surface area contributed by atoms with Gasteiger partial charge in [-0.1, -0.05) is 44.7 Å². The van der Waals surface area contributed by atoms with Crippen LogP contribution in [0.3, 0.4) is 0 Å². The summed E-state index contributed by atoms with van der Waals surface area (Å²) >= 11 is 0. The van der Waals surface area contributed by atoms with Crippen molar-refractivity contribution in [2.45, 2.75) is 13.8 Å². The standard InChI is InChI=1S/C13H18N2/c1-10(2)11(3)6-7-12(4)13-8-14-15(5)9-13/h6-10H,3-4H2,1-2,5H3/b7-6-. The van der Waals surface area contributed by atoms with Gasteiger partial charge in [-0.05, 0) is 11.5 Å². The molecule has 1 aromatic rings. The van der Waals surface area contributed by atoms with E-state index in [0.717, 1.165) is 16.7 Å². The summed E-state index contributed by atoms with van der Waals surface area (Å²) in [6, 6.07) is 0. The van der Waals surface area contributed by atoms with Crippen LogP contribution in [-0.4, -0.2) is 9.78 Å². The van der Waals surface area contributed by atoms with Gasteiger partial charge in [0.25, 0.3) is 0 Å². The fourth-order valence-corrected chi connectivity index (χ4v) is 1.08. The zero-order valence-electron chi connectivity index (χ0n) is 9.70. The minimum absolute atomic E-state index is 0.475. The second-order valence-corrected chi connectivity index (χ2v) is 3.99. The minimum Gasteiger partial charge on any atom is -0.275 e. The third-order valence-electron chi connectivity index (χ3n) is 2.32. The summed E-state index contributed by atoms with van der Waals surface area (Å²) in [4.78, 5) is 0. The van der Waals surface area contributed by atoms with Crippen LogP contribution in [-0.2, 0) is 7.05 Å². The Bertz CT molecular complexity index is 394. The molecule has 80 valence electrons. The van der Waals surface area contributed by atoms with Gasteiger partial charge in [-0.25, -0.2) is 0 Å². The van der Waals surface area contributed by atoms with Crippen molar-refractivity contribution in [2.24, 2.45) is 13.0 Å². The molecule has 0 aromatic carbocycles. The average molecular weight is 202 g/mol. The van der Waals surface area contributed by atoms with E-state index < -0.39 is 0 Å². The Kier molecular flexibility index (Phi) is 3.67. The second-order valence-electron chi connectivity index (χ2n) is 3.99. The second kappa shape index (κ2) is 4.78. The Balaban J connectivity index is 2.68. The first-order valence-electron chi connectivity index (χ1n) is 5.05. The number of rotatable bonds is 4. The Morgan fingerprint density at radius 1 is 1.40 bits per heavy atom. The summed E-state index contributed by atoms with van der Waals surface area (Å²) in [6.07, 6.45) is 7.76. The quantitative estimate of drug-likeness (QED) is 0.685. The molecule has 0 amide bonds. The predicted octanol–water partition coefficient (Wildman–Crippen LogP) is 3.20. The molecule has 1 heterocycles. The van der Waals surface area contributed by atoms with E-state index in [1.165, 1.54) is 0 Å². The van der Waals surface area contributed by atoms with Gasteiger partial charge >= 0.3 is 0 Å². The predicted molar refractivity (Wildman–Crippen MR) is 65.4 cm³/mol. The molecule has 0 N–H and O–H groups in total. The average Bonchev–Trinajstić information content (AvgIpc) is 2.60. The number of nitrogens with zero attached hydrogens (tertiary/aromatic N) is 2. The Hall–Kier alpha value is -1.57. The van der Waals surface area contributed by atoms with E-state index in [4.69, 9.17) is 0 Å². The molecule has 2 heteroatoms. The largest absolute Gasteiger partial charge is 0.275 e. The van der Waals surface area contributed by atoms with Crippen molar-refractivity contribution in [3.8, 4) is 0 Å². The first-order chi connectivity index (χ1) is 7.00. The smallest absolute Gasteiger partial charge is 0.0567 e. The minimum atomic E-state index is 0.475. The van der Waals surface area contributed by atoms with Crippen molar-refractivity contribution >= 4 is 5.57 Å². The van der Waals surface area contributed by atoms with E-state index in [0.29, 0.717) is 5.92 Å². The van der Waals surface area contributed by atoms with Crippen LogP contribution in [0.25, 0.3) is 5.57 Å². The van der Waals surface area contributed by atoms with Gasteiger partial charge in [-0.3, -0.25) is 4.68 Å². The molecule has 0 fully saturated rings. The number of hydrogen-bond acceptors (Lipinski definition) is 1. The molecule has 15 heavy (non-hydrogen) atoms. The molecular formula is C13H18N2. The fourth-order valence-electron chi connectivity index (χ4n) is 1.08. The lowest BCUT2D eigenvalue weighted by Gasteiger charge is -2.02. The molecule has 0 saturated heterocycles. The molecular weight excluding hydrogens is 184 g/mol. The number of hydrogen-bond donors (Lipinski definition) is 0. The molecule has 0 spiro atoms. The lowest BCUT2D eigenvalue weighted by molar-refractivity contribution is 0.767. The first kappa shape index (κ1) is 11.5. The Morgan fingerprint density at radius 3 is 2.53 bits per heavy atom. The zero-order chi connectivity index (χ0) is 11.4. The van der Waals surface area contributed by atoms with Crippen molar-refractivity contribution in [2.75, 3.05) is 0 Å². The first-order valence-corrected chi connectivity index (χ1v) is 5.05. The van der Waals surface area contributed by atoms with E-state index in [9.17, 15) is 0 Å². The Labute approximate surface area is 91.6 Å². The van der Waals surface area contributed by atoms with Crippen LogP contribution in [0.2, 0.25) is 0 Å². The van der Waals surface area contributed by atoms with Gasteiger partial charge in [-0.2, -0.15) is 5.10 Å². The van der Waals surface area contributed by atoms with Crippen LogP contribution in [0.1, 0.15) is 19.4 Å². The molecule has 0 aliphatic heterocycles. The van der Waals surface area contributed by atoms with Gasteiger partial charge in [0.2, 0.25) is 0 Å². The molecule has 0 atom stereocenters. The molecule has 0 aliphatic carbocycles. The maximum Gasteiger partial charge on any atom is 0.0567 e. The number of aromatic nitrogens is 2. The molecule has 0 radical (unpaired) electrons. The maximum atomic E-state index is 4.10. The van der Waals surface area contributed by atoms with Gasteiger partial charge in [0.05, 0.1) is 6.20 Å². The van der Waals surface area contributed by atoms with Crippen molar-refractivity contribution in [3.05, 3.63) is 48.8 Å². The molecule has 0 aliphatic rings. The highest BCUT2D eigenvalue weighted by atomic mass is 15.2. The van der Waals surface area contributed by atoms with Crippen LogP contribution in [0.5, 0.6) is 0 Å². The van der Waals surface area contributed by atoms with Crippen molar-refractivity contribution in [1.29, 1.82) is 0 Å². The van der Waals surface area contributed by atoms with Gasteiger partial charge in [0.15, 0.2) is 0 Å². The van der Waals surface area contributed by atoms with Crippen LogP contribution in [0, 0.1) is 5.92 Å². The lowest BCUT2D eigenvalue weighted by atomic mass is 10.0. The third kappa shape index (κ3) is 3.24. The van der Waals surface area contributed by atoms with Gasteiger partial charge in [-0.15, -0.1) is 0 Å². The van der Waals surface area contributed by atoms with E-state index in [1.807, 2.05) is 31.6 Å². The fraction of sp³-hybridized carbons (Fsp3) is 0.308. The summed E-state index contributed by atoms with van der Waals surface area (Å²) in [7, 11) is 1.90. The highest BCUT2D eigenvalue weighted by molar-refractivity contribution is 5.71. The summed E-state index contributed by atoms with van der Waals surface area (Å²) in [5.74, 6) is 0.475. The number of allylic oxidation sites excluding steroid dienone is 4. The lowest BCUT2D eigenvalue weighted by Crippen LogP contribution is -1.87. The third-order valence-corrected chi connectivity index (χ3v) is 2.32. The van der Waals surface area contributed by atoms with E-state index in [-0.39, 0.29) is 0 Å². The molecule has 1 rings (SSSR count). The SMILES string of the molecule is C=C(/C=C\C(=C)C(C)C)c1cnn(C)c1. The maximum absolute atomic E-state index is 4.10. The Morgan fingerprint density at radius 2 is 2.07 bits per heavy atom.